The molecule has 2 rings (SSSR count). The smallest absolute Gasteiger partial charge is 0.123 e. The van der Waals surface area contributed by atoms with Gasteiger partial charge in [0.05, 0.1) is 0 Å². The number of hydrogen-bond acceptors (Lipinski definition) is 1. The van der Waals surface area contributed by atoms with Crippen LogP contribution in [-0.2, 0) is 13.0 Å². The summed E-state index contributed by atoms with van der Waals surface area (Å²) in [6, 6.07) is 8.47. The Balaban J connectivity index is 1.95. The molecule has 0 radical (unpaired) electrons. The third kappa shape index (κ3) is 2.19. The minimum absolute atomic E-state index is 0.187. The molecular weight excluding hydrogens is 179 g/mol. The van der Waals surface area contributed by atoms with Gasteiger partial charge in [0, 0.05) is 18.9 Å². The fraction of sp³-hybridized carbons (Fsp3) is 0.182. The van der Waals surface area contributed by atoms with Gasteiger partial charge in [0.1, 0.15) is 5.82 Å². The number of halogens is 1. The van der Waals surface area contributed by atoms with Gasteiger partial charge in [-0.2, -0.15) is 5.10 Å². The van der Waals surface area contributed by atoms with Gasteiger partial charge in [-0.25, -0.2) is 4.39 Å². The van der Waals surface area contributed by atoms with Crippen LogP contribution in [0.4, 0.5) is 4.39 Å². The number of benzene rings is 1. The van der Waals surface area contributed by atoms with E-state index < -0.39 is 0 Å². The highest BCUT2D eigenvalue weighted by Crippen LogP contribution is 2.04. The van der Waals surface area contributed by atoms with Crippen molar-refractivity contribution in [1.82, 2.24) is 9.78 Å². The van der Waals surface area contributed by atoms with Crippen LogP contribution in [0.25, 0.3) is 0 Å². The Morgan fingerprint density at radius 1 is 1.21 bits per heavy atom. The highest BCUT2D eigenvalue weighted by molar-refractivity contribution is 5.15. The van der Waals surface area contributed by atoms with Gasteiger partial charge in [-0.05, 0) is 30.2 Å². The van der Waals surface area contributed by atoms with Crippen LogP contribution in [0.3, 0.4) is 0 Å². The molecule has 1 aromatic heterocycles. The van der Waals surface area contributed by atoms with Gasteiger partial charge in [-0.3, -0.25) is 4.68 Å². The zero-order chi connectivity index (χ0) is 9.80. The second-order valence-corrected chi connectivity index (χ2v) is 3.15. The van der Waals surface area contributed by atoms with Crippen LogP contribution >= 0.6 is 0 Å². The fourth-order valence-corrected chi connectivity index (χ4v) is 1.33. The standard InChI is InChI=1S/C11H11FN2/c12-11-4-2-10(3-5-11)6-9-14-8-1-7-13-14/h1-5,7-8H,6,9H2. The van der Waals surface area contributed by atoms with Crippen LogP contribution in [-0.4, -0.2) is 9.78 Å². The number of nitrogens with zero attached hydrogens (tertiary/aromatic N) is 2. The third-order valence-corrected chi connectivity index (χ3v) is 2.10. The largest absolute Gasteiger partial charge is 0.272 e. The maximum absolute atomic E-state index is 12.6. The summed E-state index contributed by atoms with van der Waals surface area (Å²) in [6.45, 7) is 0.832. The number of aryl methyl sites for hydroxylation is 2. The Bertz CT molecular complexity index is 378. The molecule has 0 unspecified atom stereocenters. The van der Waals surface area contributed by atoms with E-state index in [1.54, 1.807) is 18.3 Å². The zero-order valence-electron chi connectivity index (χ0n) is 7.73. The van der Waals surface area contributed by atoms with Gasteiger partial charge in [0.15, 0.2) is 0 Å². The van der Waals surface area contributed by atoms with Crippen molar-refractivity contribution in [1.29, 1.82) is 0 Å². The van der Waals surface area contributed by atoms with Crippen molar-refractivity contribution in [3.05, 3.63) is 54.1 Å². The second kappa shape index (κ2) is 4.05. The highest BCUT2D eigenvalue weighted by atomic mass is 19.1. The quantitative estimate of drug-likeness (QED) is 0.726. The molecule has 0 aliphatic carbocycles. The lowest BCUT2D eigenvalue weighted by molar-refractivity contribution is 0.609. The van der Waals surface area contributed by atoms with Crippen molar-refractivity contribution in [2.75, 3.05) is 0 Å². The minimum atomic E-state index is -0.187. The van der Waals surface area contributed by atoms with Crippen molar-refractivity contribution in [3.8, 4) is 0 Å². The first-order valence-corrected chi connectivity index (χ1v) is 4.56. The SMILES string of the molecule is Fc1ccc(CCn2cccn2)cc1. The third-order valence-electron chi connectivity index (χ3n) is 2.10. The summed E-state index contributed by atoms with van der Waals surface area (Å²) in [4.78, 5) is 0. The fourth-order valence-electron chi connectivity index (χ4n) is 1.33. The molecule has 0 bridgehead atoms. The molecular formula is C11H11FN2. The molecule has 0 aliphatic heterocycles. The van der Waals surface area contributed by atoms with Crippen LogP contribution in [0.5, 0.6) is 0 Å². The molecule has 1 aromatic carbocycles. The Morgan fingerprint density at radius 3 is 2.64 bits per heavy atom. The molecule has 0 fully saturated rings. The van der Waals surface area contributed by atoms with Crippen molar-refractivity contribution < 1.29 is 4.39 Å². The Hall–Kier alpha value is -1.64. The van der Waals surface area contributed by atoms with Gasteiger partial charge in [0.25, 0.3) is 0 Å². The first-order chi connectivity index (χ1) is 6.84. The van der Waals surface area contributed by atoms with Crippen molar-refractivity contribution in [2.24, 2.45) is 0 Å². The summed E-state index contributed by atoms with van der Waals surface area (Å²) in [6.07, 6.45) is 4.55. The van der Waals surface area contributed by atoms with E-state index in [1.165, 1.54) is 12.1 Å². The molecule has 0 N–H and O–H groups in total. The van der Waals surface area contributed by atoms with E-state index in [0.29, 0.717) is 0 Å². The molecule has 0 amide bonds. The maximum atomic E-state index is 12.6. The van der Waals surface area contributed by atoms with Crippen LogP contribution in [0.1, 0.15) is 5.56 Å². The Labute approximate surface area is 82.0 Å². The van der Waals surface area contributed by atoms with Crippen LogP contribution in [0, 0.1) is 5.82 Å². The van der Waals surface area contributed by atoms with Crippen molar-refractivity contribution >= 4 is 0 Å². The molecule has 1 heterocycles. The lowest BCUT2D eigenvalue weighted by atomic mass is 10.1. The van der Waals surface area contributed by atoms with Crippen LogP contribution < -0.4 is 0 Å². The van der Waals surface area contributed by atoms with E-state index in [4.69, 9.17) is 0 Å². The monoisotopic (exact) mass is 190 g/mol. The van der Waals surface area contributed by atoms with Gasteiger partial charge in [-0.15, -0.1) is 0 Å². The maximum Gasteiger partial charge on any atom is 0.123 e. The number of hydrogen-bond donors (Lipinski definition) is 0. The predicted molar refractivity (Wildman–Crippen MR) is 52.3 cm³/mol. The molecule has 72 valence electrons. The first kappa shape index (κ1) is 8.94. The summed E-state index contributed by atoms with van der Waals surface area (Å²) >= 11 is 0. The first-order valence-electron chi connectivity index (χ1n) is 4.56. The second-order valence-electron chi connectivity index (χ2n) is 3.15. The molecule has 0 saturated heterocycles. The van der Waals surface area contributed by atoms with Crippen LogP contribution in [0.2, 0.25) is 0 Å². The molecule has 0 spiro atoms. The highest BCUT2D eigenvalue weighted by Gasteiger charge is 1.95. The normalized spacial score (nSPS) is 10.4. The van der Waals surface area contributed by atoms with Gasteiger partial charge < -0.3 is 0 Å². The Morgan fingerprint density at radius 2 is 2.00 bits per heavy atom. The van der Waals surface area contributed by atoms with Gasteiger partial charge in [0.2, 0.25) is 0 Å². The van der Waals surface area contributed by atoms with E-state index in [-0.39, 0.29) is 5.82 Å². The topological polar surface area (TPSA) is 17.8 Å². The van der Waals surface area contributed by atoms with Gasteiger partial charge >= 0.3 is 0 Å². The summed E-state index contributed by atoms with van der Waals surface area (Å²) < 4.78 is 14.4. The molecule has 2 aromatic rings. The molecule has 3 heteroatoms. The number of aromatic nitrogens is 2. The van der Waals surface area contributed by atoms with Gasteiger partial charge in [-0.1, -0.05) is 12.1 Å². The van der Waals surface area contributed by atoms with E-state index in [1.807, 2.05) is 16.9 Å². The average molecular weight is 190 g/mol. The van der Waals surface area contributed by atoms with E-state index in [9.17, 15) is 4.39 Å². The van der Waals surface area contributed by atoms with E-state index in [0.717, 1.165) is 18.5 Å². The molecule has 14 heavy (non-hydrogen) atoms. The predicted octanol–water partition coefficient (Wildman–Crippen LogP) is 2.26. The summed E-state index contributed by atoms with van der Waals surface area (Å²) in [5.41, 5.74) is 1.13. The molecule has 0 aliphatic rings. The van der Waals surface area contributed by atoms with Crippen molar-refractivity contribution in [2.45, 2.75) is 13.0 Å². The zero-order valence-corrected chi connectivity index (χ0v) is 7.73. The lowest BCUT2D eigenvalue weighted by Crippen LogP contribution is -2.01. The lowest BCUT2D eigenvalue weighted by Gasteiger charge is -2.01. The molecule has 0 atom stereocenters. The number of rotatable bonds is 3. The average Bonchev–Trinajstić information content (AvgIpc) is 2.70. The van der Waals surface area contributed by atoms with E-state index >= 15 is 0 Å². The molecule has 2 nitrogen and oxygen atoms in total. The molecule has 0 saturated carbocycles. The van der Waals surface area contributed by atoms with E-state index in [2.05, 4.69) is 5.10 Å². The van der Waals surface area contributed by atoms with Crippen LogP contribution in [0.15, 0.2) is 42.7 Å². The summed E-state index contributed by atoms with van der Waals surface area (Å²) in [5.74, 6) is -0.187. The summed E-state index contributed by atoms with van der Waals surface area (Å²) in [7, 11) is 0. The van der Waals surface area contributed by atoms with Crippen molar-refractivity contribution in [3.63, 3.8) is 0 Å². The minimum Gasteiger partial charge on any atom is -0.272 e. The Kier molecular flexibility index (Phi) is 2.58. The summed E-state index contributed by atoms with van der Waals surface area (Å²) in [5, 5.41) is 4.09.